The van der Waals surface area contributed by atoms with E-state index >= 15 is 0 Å². The number of hydrogen-bond donors (Lipinski definition) is 2. The fourth-order valence-corrected chi connectivity index (χ4v) is 2.99. The third-order valence-electron chi connectivity index (χ3n) is 3.08. The molecule has 8 heteroatoms. The number of carboxylic acid groups (broad SMARTS) is 1. The summed E-state index contributed by atoms with van der Waals surface area (Å²) in [6.07, 6.45) is 1.59. The van der Waals surface area contributed by atoms with Gasteiger partial charge in [0.15, 0.2) is 0 Å². The third-order valence-corrected chi connectivity index (χ3v) is 4.57. The van der Waals surface area contributed by atoms with Crippen molar-refractivity contribution in [1.82, 2.24) is 10.2 Å². The van der Waals surface area contributed by atoms with Crippen LogP contribution in [-0.2, 0) is 9.59 Å². The van der Waals surface area contributed by atoms with Crippen LogP contribution in [-0.4, -0.2) is 45.7 Å². The first-order chi connectivity index (χ1) is 10.9. The fraction of sp³-hybridized carbons (Fsp3) is 0.200. The molecule has 2 N–H and O–H groups in total. The van der Waals surface area contributed by atoms with E-state index in [1.54, 1.807) is 37.4 Å². The maximum Gasteiger partial charge on any atom is 0.305 e. The molecule has 2 rings (SSSR count). The van der Waals surface area contributed by atoms with Crippen LogP contribution in [0.3, 0.4) is 0 Å². The molecule has 120 valence electrons. The number of rotatable bonds is 5. The topological polar surface area (TPSA) is 86.7 Å². The van der Waals surface area contributed by atoms with E-state index in [0.29, 0.717) is 14.8 Å². The predicted octanol–water partition coefficient (Wildman–Crippen LogP) is 1.72. The highest BCUT2D eigenvalue weighted by atomic mass is 32.2. The second-order valence-electron chi connectivity index (χ2n) is 4.76. The first kappa shape index (κ1) is 17.2. The Morgan fingerprint density at radius 3 is 2.52 bits per heavy atom. The summed E-state index contributed by atoms with van der Waals surface area (Å²) in [4.78, 5) is 36.1. The van der Waals surface area contributed by atoms with Crippen molar-refractivity contribution in [2.24, 2.45) is 0 Å². The van der Waals surface area contributed by atoms with Crippen molar-refractivity contribution in [3.05, 3.63) is 40.3 Å². The number of nitrogens with zero attached hydrogens (tertiary/aromatic N) is 1. The number of carbonyl (C=O) groups excluding carboxylic acids is 2. The van der Waals surface area contributed by atoms with Crippen molar-refractivity contribution < 1.29 is 19.5 Å². The van der Waals surface area contributed by atoms with Gasteiger partial charge >= 0.3 is 5.97 Å². The van der Waals surface area contributed by atoms with Crippen LogP contribution in [0.4, 0.5) is 0 Å². The average Bonchev–Trinajstić information content (AvgIpc) is 2.75. The summed E-state index contributed by atoms with van der Waals surface area (Å²) in [6, 6.07) is 6.67. The van der Waals surface area contributed by atoms with Gasteiger partial charge in [0.1, 0.15) is 4.32 Å². The monoisotopic (exact) mass is 350 g/mol. The molecule has 0 bridgehead atoms. The van der Waals surface area contributed by atoms with E-state index in [2.05, 4.69) is 5.32 Å². The van der Waals surface area contributed by atoms with Crippen molar-refractivity contribution in [3.63, 3.8) is 0 Å². The molecule has 6 nitrogen and oxygen atoms in total. The van der Waals surface area contributed by atoms with Gasteiger partial charge in [0.05, 0.1) is 11.3 Å². The third kappa shape index (κ3) is 4.40. The van der Waals surface area contributed by atoms with E-state index in [1.165, 1.54) is 16.7 Å². The van der Waals surface area contributed by atoms with Gasteiger partial charge in [-0.2, -0.15) is 0 Å². The number of amides is 2. The maximum atomic E-state index is 11.9. The molecule has 0 aromatic heterocycles. The van der Waals surface area contributed by atoms with Gasteiger partial charge < -0.3 is 10.4 Å². The first-order valence-corrected chi connectivity index (χ1v) is 7.92. The lowest BCUT2D eigenvalue weighted by Crippen LogP contribution is -2.25. The number of likely N-dealkylation sites (N-methyl/N-ethyl adjacent to an activating group) is 1. The zero-order valence-electron chi connectivity index (χ0n) is 12.2. The Hall–Kier alpha value is -2.19. The van der Waals surface area contributed by atoms with Gasteiger partial charge in [0.25, 0.3) is 11.8 Å². The summed E-state index contributed by atoms with van der Waals surface area (Å²) in [5, 5.41) is 11.1. The largest absolute Gasteiger partial charge is 0.481 e. The van der Waals surface area contributed by atoms with Gasteiger partial charge in [0.2, 0.25) is 0 Å². The molecule has 1 aliphatic rings. The van der Waals surface area contributed by atoms with Crippen molar-refractivity contribution in [3.8, 4) is 0 Å². The SMILES string of the molecule is CN1C(=O)/C(=C\c2ccc(C(=O)NCCC(=O)O)cc2)SC1=S. The number of carboxylic acids is 1. The van der Waals surface area contributed by atoms with E-state index in [0.717, 1.165) is 5.56 Å². The molecule has 2 amide bonds. The first-order valence-electron chi connectivity index (χ1n) is 6.70. The Kier molecular flexibility index (Phi) is 5.51. The summed E-state index contributed by atoms with van der Waals surface area (Å²) >= 11 is 6.29. The van der Waals surface area contributed by atoms with Gasteiger partial charge in [-0.3, -0.25) is 19.3 Å². The minimum absolute atomic E-state index is 0.0783. The molecule has 1 aliphatic heterocycles. The van der Waals surface area contributed by atoms with Gasteiger partial charge in [-0.05, 0) is 23.8 Å². The molecule has 0 atom stereocenters. The summed E-state index contributed by atoms with van der Waals surface area (Å²) < 4.78 is 0.510. The Morgan fingerprint density at radius 2 is 2.00 bits per heavy atom. The molecule has 0 saturated carbocycles. The van der Waals surface area contributed by atoms with Crippen LogP contribution < -0.4 is 5.32 Å². The van der Waals surface area contributed by atoms with E-state index in [1.807, 2.05) is 0 Å². The number of carbonyl (C=O) groups is 3. The van der Waals surface area contributed by atoms with Crippen molar-refractivity contribution in [2.75, 3.05) is 13.6 Å². The molecule has 23 heavy (non-hydrogen) atoms. The van der Waals surface area contributed by atoms with Crippen LogP contribution in [0, 0.1) is 0 Å². The van der Waals surface area contributed by atoms with Gasteiger partial charge in [-0.1, -0.05) is 36.1 Å². The minimum atomic E-state index is -0.964. The smallest absolute Gasteiger partial charge is 0.305 e. The Labute approximate surface area is 142 Å². The van der Waals surface area contributed by atoms with Gasteiger partial charge in [-0.25, -0.2) is 0 Å². The van der Waals surface area contributed by atoms with E-state index in [9.17, 15) is 14.4 Å². The lowest BCUT2D eigenvalue weighted by molar-refractivity contribution is -0.136. The number of aliphatic carboxylic acids is 1. The number of thioether (sulfide) groups is 1. The second kappa shape index (κ2) is 7.38. The quantitative estimate of drug-likeness (QED) is 0.621. The van der Waals surface area contributed by atoms with Crippen molar-refractivity contribution in [1.29, 1.82) is 0 Å². The molecule has 0 spiro atoms. The molecule has 1 aromatic rings. The predicted molar refractivity (Wildman–Crippen MR) is 92.0 cm³/mol. The molecule has 1 fully saturated rings. The Bertz CT molecular complexity index is 698. The zero-order valence-corrected chi connectivity index (χ0v) is 13.9. The van der Waals surface area contributed by atoms with Gasteiger partial charge in [0, 0.05) is 19.2 Å². The highest BCUT2D eigenvalue weighted by Gasteiger charge is 2.28. The van der Waals surface area contributed by atoms with E-state index < -0.39 is 5.97 Å². The van der Waals surface area contributed by atoms with E-state index in [4.69, 9.17) is 17.3 Å². The Balaban J connectivity index is 2.02. The van der Waals surface area contributed by atoms with Crippen molar-refractivity contribution >= 4 is 52.2 Å². The normalized spacial score (nSPS) is 16.0. The van der Waals surface area contributed by atoms with Crippen LogP contribution >= 0.6 is 24.0 Å². The van der Waals surface area contributed by atoms with Crippen LogP contribution in [0.25, 0.3) is 6.08 Å². The summed E-state index contributed by atoms with van der Waals surface area (Å²) in [5.41, 5.74) is 1.21. The van der Waals surface area contributed by atoms with Crippen molar-refractivity contribution in [2.45, 2.75) is 6.42 Å². The number of nitrogens with one attached hydrogen (secondary N) is 1. The lowest BCUT2D eigenvalue weighted by atomic mass is 10.1. The van der Waals surface area contributed by atoms with E-state index in [-0.39, 0.29) is 24.8 Å². The standard InChI is InChI=1S/C15H14N2O4S2/c1-17-14(21)11(23-15(17)22)8-9-2-4-10(5-3-9)13(20)16-7-6-12(18)19/h2-5,8H,6-7H2,1H3,(H,16,20)(H,18,19)/b11-8+. The molecular weight excluding hydrogens is 336 g/mol. The van der Waals surface area contributed by atoms with Crippen LogP contribution in [0.1, 0.15) is 22.3 Å². The molecule has 1 heterocycles. The van der Waals surface area contributed by atoms with Crippen LogP contribution in [0.5, 0.6) is 0 Å². The summed E-state index contributed by atoms with van der Waals surface area (Å²) in [6.45, 7) is 0.0783. The van der Waals surface area contributed by atoms with Crippen LogP contribution in [0.15, 0.2) is 29.2 Å². The lowest BCUT2D eigenvalue weighted by Gasteiger charge is -2.04. The maximum absolute atomic E-state index is 11.9. The molecule has 1 aromatic carbocycles. The second-order valence-corrected chi connectivity index (χ2v) is 6.44. The molecule has 1 saturated heterocycles. The fourth-order valence-electron chi connectivity index (χ4n) is 1.81. The number of hydrogen-bond acceptors (Lipinski definition) is 5. The highest BCUT2D eigenvalue weighted by Crippen LogP contribution is 2.31. The average molecular weight is 350 g/mol. The molecule has 0 aliphatic carbocycles. The summed E-state index contributed by atoms with van der Waals surface area (Å²) in [5.74, 6) is -1.44. The van der Waals surface area contributed by atoms with Gasteiger partial charge in [-0.15, -0.1) is 0 Å². The molecular formula is C15H14N2O4S2. The number of benzene rings is 1. The number of thiocarbonyl (C=S) groups is 1. The minimum Gasteiger partial charge on any atom is -0.481 e. The Morgan fingerprint density at radius 1 is 1.35 bits per heavy atom. The molecule has 0 radical (unpaired) electrons. The van der Waals surface area contributed by atoms with Crippen LogP contribution in [0.2, 0.25) is 0 Å². The highest BCUT2D eigenvalue weighted by molar-refractivity contribution is 8.26. The molecule has 0 unspecified atom stereocenters. The summed E-state index contributed by atoms with van der Waals surface area (Å²) in [7, 11) is 1.63. The zero-order chi connectivity index (χ0) is 17.0.